The summed E-state index contributed by atoms with van der Waals surface area (Å²) in [4.78, 5) is 0. The molecule has 172 valence electrons. The minimum atomic E-state index is -2.83. The highest BCUT2D eigenvalue weighted by atomic mass is 31.2. The number of rotatable bonds is 3. The van der Waals surface area contributed by atoms with Crippen LogP contribution in [0.5, 0.6) is 0 Å². The summed E-state index contributed by atoms with van der Waals surface area (Å²) < 4.78 is 47.1. The van der Waals surface area contributed by atoms with Crippen LogP contribution in [0.15, 0.2) is 0 Å². The zero-order valence-electron chi connectivity index (χ0n) is 18.9. The monoisotopic (exact) mass is 429 g/mol. The molecule has 1 aliphatic heterocycles. The summed E-state index contributed by atoms with van der Waals surface area (Å²) >= 11 is 0. The summed E-state index contributed by atoms with van der Waals surface area (Å²) in [6.07, 6.45) is 0. The van der Waals surface area contributed by atoms with Gasteiger partial charge in [-0.05, 0) is 6.92 Å². The van der Waals surface area contributed by atoms with E-state index in [4.69, 9.17) is 28.2 Å². The van der Waals surface area contributed by atoms with Gasteiger partial charge in [0.1, 0.15) is 0 Å². The third kappa shape index (κ3) is 18.0. The van der Waals surface area contributed by atoms with Crippen LogP contribution < -0.4 is 0 Å². The molecule has 0 aromatic carbocycles. The Morgan fingerprint density at radius 3 is 1.25 bits per heavy atom. The van der Waals surface area contributed by atoms with Gasteiger partial charge >= 0.3 is 0 Å². The highest BCUT2D eigenvalue weighted by Gasteiger charge is 2.25. The second-order valence-electron chi connectivity index (χ2n) is 5.24. The van der Waals surface area contributed by atoms with Gasteiger partial charge in [0.2, 0.25) is 0 Å². The molecule has 1 atom stereocenters. The van der Waals surface area contributed by atoms with Crippen LogP contribution >= 0.6 is 7.52 Å². The van der Waals surface area contributed by atoms with E-state index in [0.717, 1.165) is 0 Å². The Morgan fingerprint density at radius 1 is 0.679 bits per heavy atom. The molecule has 28 heavy (non-hydrogen) atoms. The first-order chi connectivity index (χ1) is 13.7. The van der Waals surface area contributed by atoms with Gasteiger partial charge in [0.15, 0.2) is 0 Å². The molecule has 1 fully saturated rings. The van der Waals surface area contributed by atoms with Crippen molar-refractivity contribution in [1.29, 1.82) is 0 Å². The van der Waals surface area contributed by atoms with Crippen LogP contribution in [0, 0.1) is 0 Å². The first kappa shape index (κ1) is 30.1. The fourth-order valence-electron chi connectivity index (χ4n) is 2.12. The van der Waals surface area contributed by atoms with Crippen LogP contribution in [0.25, 0.3) is 0 Å². The van der Waals surface area contributed by atoms with Gasteiger partial charge in [-0.25, -0.2) is 4.67 Å². The third-order valence-corrected chi connectivity index (χ3v) is 5.52. The van der Waals surface area contributed by atoms with Crippen LogP contribution in [0.3, 0.4) is 0 Å². The molecule has 0 aliphatic carbocycles. The first-order valence-electron chi connectivity index (χ1n) is 10.5. The lowest BCUT2D eigenvalue weighted by molar-refractivity contribution is -0.0156. The third-order valence-electron chi connectivity index (χ3n) is 3.36. The highest BCUT2D eigenvalue weighted by Crippen LogP contribution is 2.46. The summed E-state index contributed by atoms with van der Waals surface area (Å²) in [5, 5.41) is 0. The molecule has 1 aliphatic rings. The van der Waals surface area contributed by atoms with Crippen LogP contribution in [0.4, 0.5) is 0 Å². The van der Waals surface area contributed by atoms with Gasteiger partial charge in [-0.3, -0.25) is 4.57 Å². The van der Waals surface area contributed by atoms with Gasteiger partial charge in [-0.15, -0.1) is 0 Å². The van der Waals surface area contributed by atoms with Crippen LogP contribution in [-0.2, 0) is 32.8 Å². The Kier molecular flexibility index (Phi) is 25.0. The molecule has 1 saturated heterocycles. The standard InChI is InChI=1S/C15H32NO7P.2C2H6/c1-3-23-24(2,17)16-4-6-18-8-10-20-12-14-22-15-13-21-11-9-19-7-5-16;2*1-2/h3-15H2,1-2H3;2*1-2H3. The smallest absolute Gasteiger partial charge is 0.269 e. The normalized spacial score (nSPS) is 21.5. The molecule has 1 rings (SSSR count). The molecule has 8 nitrogen and oxygen atoms in total. The fourth-order valence-corrected chi connectivity index (χ4v) is 3.65. The van der Waals surface area contributed by atoms with E-state index < -0.39 is 7.52 Å². The number of hydrogen-bond acceptors (Lipinski definition) is 7. The second-order valence-corrected chi connectivity index (χ2v) is 7.67. The van der Waals surface area contributed by atoms with Crippen molar-refractivity contribution in [2.75, 3.05) is 92.4 Å². The van der Waals surface area contributed by atoms with Crippen LogP contribution in [-0.4, -0.2) is 97.1 Å². The Bertz CT molecular complexity index is 330. The summed E-state index contributed by atoms with van der Waals surface area (Å²) in [5.41, 5.74) is 0. The Hall–Kier alpha value is -0.0500. The SMILES string of the molecule is CC.CC.CCOP(C)(=O)N1CCOCCOCCOCCOCCOCC1. The Labute approximate surface area is 172 Å². The zero-order chi connectivity index (χ0) is 21.5. The lowest BCUT2D eigenvalue weighted by Crippen LogP contribution is -2.30. The highest BCUT2D eigenvalue weighted by molar-refractivity contribution is 7.55. The molecule has 1 heterocycles. The average Bonchev–Trinajstić information content (AvgIpc) is 2.71. The Morgan fingerprint density at radius 2 is 0.964 bits per heavy atom. The number of ether oxygens (including phenoxy) is 5. The predicted octanol–water partition coefficient (Wildman–Crippen LogP) is 3.30. The van der Waals surface area contributed by atoms with E-state index in [0.29, 0.717) is 85.8 Å². The second kappa shape index (κ2) is 23.2. The van der Waals surface area contributed by atoms with Crippen molar-refractivity contribution in [1.82, 2.24) is 4.67 Å². The van der Waals surface area contributed by atoms with E-state index in [2.05, 4.69) is 0 Å². The molecule has 0 aromatic rings. The van der Waals surface area contributed by atoms with Crippen molar-refractivity contribution in [2.45, 2.75) is 34.6 Å². The van der Waals surface area contributed by atoms with Gasteiger partial charge in [0.05, 0.1) is 72.7 Å². The quantitative estimate of drug-likeness (QED) is 0.633. The largest absolute Gasteiger partial charge is 0.378 e. The molecule has 0 N–H and O–H groups in total. The average molecular weight is 430 g/mol. The van der Waals surface area contributed by atoms with Crippen molar-refractivity contribution in [3.8, 4) is 0 Å². The summed E-state index contributed by atoms with van der Waals surface area (Å²) in [5.74, 6) is 0. The minimum Gasteiger partial charge on any atom is -0.378 e. The summed E-state index contributed by atoms with van der Waals surface area (Å²) in [6, 6.07) is 0. The van der Waals surface area contributed by atoms with E-state index in [1.165, 1.54) is 0 Å². The van der Waals surface area contributed by atoms with Gasteiger partial charge in [-0.2, -0.15) is 0 Å². The maximum atomic E-state index is 12.6. The van der Waals surface area contributed by atoms with Crippen molar-refractivity contribution < 1.29 is 32.8 Å². The molecule has 0 aromatic heterocycles. The van der Waals surface area contributed by atoms with Gasteiger partial charge in [0.25, 0.3) is 7.52 Å². The predicted molar refractivity (Wildman–Crippen MR) is 114 cm³/mol. The van der Waals surface area contributed by atoms with Gasteiger partial charge < -0.3 is 28.2 Å². The first-order valence-corrected chi connectivity index (χ1v) is 12.6. The lowest BCUT2D eigenvalue weighted by Gasteiger charge is -2.28. The van der Waals surface area contributed by atoms with E-state index >= 15 is 0 Å². The fraction of sp³-hybridized carbons (Fsp3) is 1.00. The summed E-state index contributed by atoms with van der Waals surface area (Å²) in [7, 11) is -2.83. The molecule has 0 amide bonds. The van der Waals surface area contributed by atoms with Crippen molar-refractivity contribution in [2.24, 2.45) is 0 Å². The lowest BCUT2D eigenvalue weighted by atomic mass is 10.6. The maximum Gasteiger partial charge on any atom is 0.269 e. The van der Waals surface area contributed by atoms with E-state index in [1.807, 2.05) is 34.6 Å². The number of nitrogens with zero attached hydrogens (tertiary/aromatic N) is 1. The van der Waals surface area contributed by atoms with E-state index in [-0.39, 0.29) is 0 Å². The van der Waals surface area contributed by atoms with Crippen molar-refractivity contribution >= 4 is 7.52 Å². The van der Waals surface area contributed by atoms with Crippen molar-refractivity contribution in [3.05, 3.63) is 0 Å². The molecular weight excluding hydrogens is 385 g/mol. The van der Waals surface area contributed by atoms with Crippen LogP contribution in [0.1, 0.15) is 34.6 Å². The van der Waals surface area contributed by atoms with Gasteiger partial charge in [-0.1, -0.05) is 27.7 Å². The zero-order valence-corrected chi connectivity index (χ0v) is 19.8. The maximum absolute atomic E-state index is 12.6. The van der Waals surface area contributed by atoms with Gasteiger partial charge in [0, 0.05) is 19.8 Å². The van der Waals surface area contributed by atoms with Crippen LogP contribution in [0.2, 0.25) is 0 Å². The molecule has 9 heteroatoms. The summed E-state index contributed by atoms with van der Waals surface area (Å²) in [6.45, 7) is 18.0. The number of hydrogen-bond donors (Lipinski definition) is 0. The molecular formula is C19H44NO7P. The molecule has 1 unspecified atom stereocenters. The van der Waals surface area contributed by atoms with E-state index in [1.54, 1.807) is 11.3 Å². The molecule has 0 spiro atoms. The molecule has 0 radical (unpaired) electrons. The van der Waals surface area contributed by atoms with Crippen molar-refractivity contribution in [3.63, 3.8) is 0 Å². The topological polar surface area (TPSA) is 75.7 Å². The molecule has 0 bridgehead atoms. The Balaban J connectivity index is 0. The van der Waals surface area contributed by atoms with E-state index in [9.17, 15) is 4.57 Å². The molecule has 0 saturated carbocycles. The minimum absolute atomic E-state index is 0.412.